The smallest absolute Gasteiger partial charge is 0.154 e. The van der Waals surface area contributed by atoms with Crippen LogP contribution in [0.1, 0.15) is 31.1 Å². The maximum atomic E-state index is 9.15. The Kier molecular flexibility index (Phi) is 3.17. The summed E-state index contributed by atoms with van der Waals surface area (Å²) < 4.78 is 13.3. The van der Waals surface area contributed by atoms with Gasteiger partial charge in [-0.3, -0.25) is 0 Å². The van der Waals surface area contributed by atoms with Crippen LogP contribution >= 0.6 is 0 Å². The summed E-state index contributed by atoms with van der Waals surface area (Å²) in [5.41, 5.74) is 2.34. The number of nitriles is 1. The molecule has 0 N–H and O–H groups in total. The predicted molar refractivity (Wildman–Crippen MR) is 81.0 cm³/mol. The second-order valence-electron chi connectivity index (χ2n) is 5.44. The van der Waals surface area contributed by atoms with Crippen molar-refractivity contribution in [2.75, 3.05) is 6.61 Å². The summed E-state index contributed by atoms with van der Waals surface area (Å²) in [7, 11) is 0. The average Bonchev–Trinajstić information content (AvgIpc) is 3.22. The Morgan fingerprint density at radius 3 is 2.95 bits per heavy atom. The van der Waals surface area contributed by atoms with Crippen LogP contribution in [0.2, 0.25) is 0 Å². The minimum atomic E-state index is -0.0482. The van der Waals surface area contributed by atoms with E-state index in [1.165, 1.54) is 0 Å². The molecular formula is C17H15N3O2. The van der Waals surface area contributed by atoms with Gasteiger partial charge in [0.05, 0.1) is 23.4 Å². The van der Waals surface area contributed by atoms with E-state index in [-0.39, 0.29) is 6.23 Å². The summed E-state index contributed by atoms with van der Waals surface area (Å²) in [6, 6.07) is 11.5. The van der Waals surface area contributed by atoms with E-state index in [4.69, 9.17) is 19.5 Å². The molecule has 3 aromatic rings. The number of rotatable bonds is 2. The van der Waals surface area contributed by atoms with Gasteiger partial charge in [-0.15, -0.1) is 0 Å². The molecule has 1 unspecified atom stereocenters. The molecule has 0 saturated carbocycles. The van der Waals surface area contributed by atoms with E-state index in [0.29, 0.717) is 11.3 Å². The van der Waals surface area contributed by atoms with Gasteiger partial charge in [-0.25, -0.2) is 4.68 Å². The number of furan rings is 1. The van der Waals surface area contributed by atoms with Crippen molar-refractivity contribution in [2.45, 2.75) is 25.5 Å². The zero-order valence-electron chi connectivity index (χ0n) is 12.0. The molecule has 3 heterocycles. The van der Waals surface area contributed by atoms with Gasteiger partial charge in [0.15, 0.2) is 12.0 Å². The number of ether oxygens (including phenoxy) is 1. The molecule has 5 nitrogen and oxygen atoms in total. The SMILES string of the molecule is N#Cc1ccc2c(c1)c(-c1ccco1)nn2C1CCCCO1. The highest BCUT2D eigenvalue weighted by molar-refractivity contribution is 5.93. The van der Waals surface area contributed by atoms with Gasteiger partial charge >= 0.3 is 0 Å². The van der Waals surface area contributed by atoms with Crippen LogP contribution in [-0.2, 0) is 4.74 Å². The molecule has 1 saturated heterocycles. The number of aromatic nitrogens is 2. The van der Waals surface area contributed by atoms with E-state index >= 15 is 0 Å². The molecule has 1 aromatic carbocycles. The molecule has 110 valence electrons. The molecule has 0 amide bonds. The summed E-state index contributed by atoms with van der Waals surface area (Å²) in [4.78, 5) is 0. The minimum Gasteiger partial charge on any atom is -0.463 e. The fourth-order valence-electron chi connectivity index (χ4n) is 2.94. The van der Waals surface area contributed by atoms with Crippen molar-refractivity contribution in [3.05, 3.63) is 42.2 Å². The maximum absolute atomic E-state index is 9.15. The van der Waals surface area contributed by atoms with Gasteiger partial charge in [0.2, 0.25) is 0 Å². The quantitative estimate of drug-likeness (QED) is 0.719. The van der Waals surface area contributed by atoms with Crippen LogP contribution in [-0.4, -0.2) is 16.4 Å². The molecule has 0 spiro atoms. The molecular weight excluding hydrogens is 278 g/mol. The maximum Gasteiger partial charge on any atom is 0.154 e. The topological polar surface area (TPSA) is 64.0 Å². The Bertz CT molecular complexity index is 837. The third kappa shape index (κ3) is 2.09. The molecule has 22 heavy (non-hydrogen) atoms. The van der Waals surface area contributed by atoms with E-state index in [1.807, 2.05) is 35.0 Å². The lowest BCUT2D eigenvalue weighted by Gasteiger charge is -2.23. The fraction of sp³-hybridized carbons (Fsp3) is 0.294. The Morgan fingerprint density at radius 2 is 2.23 bits per heavy atom. The van der Waals surface area contributed by atoms with Crippen LogP contribution < -0.4 is 0 Å². The van der Waals surface area contributed by atoms with Crippen LogP contribution in [0.25, 0.3) is 22.4 Å². The molecule has 5 heteroatoms. The lowest BCUT2D eigenvalue weighted by atomic mass is 10.1. The van der Waals surface area contributed by atoms with Crippen LogP contribution in [0.4, 0.5) is 0 Å². The van der Waals surface area contributed by atoms with Crippen LogP contribution in [0.15, 0.2) is 41.0 Å². The summed E-state index contributed by atoms with van der Waals surface area (Å²) >= 11 is 0. The van der Waals surface area contributed by atoms with Gasteiger partial charge in [-0.05, 0) is 49.6 Å². The molecule has 0 bridgehead atoms. The molecule has 2 aromatic heterocycles. The molecule has 1 fully saturated rings. The summed E-state index contributed by atoms with van der Waals surface area (Å²) in [5, 5.41) is 14.8. The third-order valence-electron chi connectivity index (χ3n) is 4.02. The van der Waals surface area contributed by atoms with Gasteiger partial charge < -0.3 is 9.15 Å². The Labute approximate surface area is 127 Å². The van der Waals surface area contributed by atoms with Crippen LogP contribution in [0, 0.1) is 11.3 Å². The summed E-state index contributed by atoms with van der Waals surface area (Å²) in [6.45, 7) is 0.762. The molecule has 4 rings (SSSR count). The van der Waals surface area contributed by atoms with Crippen molar-refractivity contribution >= 4 is 10.9 Å². The van der Waals surface area contributed by atoms with E-state index in [2.05, 4.69) is 6.07 Å². The first-order valence-corrected chi connectivity index (χ1v) is 7.44. The van der Waals surface area contributed by atoms with E-state index in [9.17, 15) is 0 Å². The van der Waals surface area contributed by atoms with Crippen molar-refractivity contribution in [3.63, 3.8) is 0 Å². The average molecular weight is 293 g/mol. The number of hydrogen-bond donors (Lipinski definition) is 0. The third-order valence-corrected chi connectivity index (χ3v) is 4.02. The van der Waals surface area contributed by atoms with Crippen molar-refractivity contribution < 1.29 is 9.15 Å². The summed E-state index contributed by atoms with van der Waals surface area (Å²) in [6.07, 6.45) is 4.77. The lowest BCUT2D eigenvalue weighted by Crippen LogP contribution is -2.19. The number of nitrogens with zero attached hydrogens (tertiary/aromatic N) is 3. The normalized spacial score (nSPS) is 18.4. The van der Waals surface area contributed by atoms with Gasteiger partial charge in [-0.1, -0.05) is 0 Å². The van der Waals surface area contributed by atoms with Gasteiger partial charge in [-0.2, -0.15) is 10.4 Å². The predicted octanol–water partition coefficient (Wildman–Crippen LogP) is 3.87. The first-order chi connectivity index (χ1) is 10.9. The van der Waals surface area contributed by atoms with E-state index < -0.39 is 0 Å². The first-order valence-electron chi connectivity index (χ1n) is 7.44. The molecule has 0 radical (unpaired) electrons. The summed E-state index contributed by atoms with van der Waals surface area (Å²) in [5.74, 6) is 0.703. The zero-order chi connectivity index (χ0) is 14.9. The number of hydrogen-bond acceptors (Lipinski definition) is 4. The van der Waals surface area contributed by atoms with Gasteiger partial charge in [0.25, 0.3) is 0 Å². The molecule has 1 aliphatic heterocycles. The highest BCUT2D eigenvalue weighted by atomic mass is 16.5. The van der Waals surface area contributed by atoms with E-state index in [1.54, 1.807) is 6.26 Å². The fourth-order valence-corrected chi connectivity index (χ4v) is 2.94. The Balaban J connectivity index is 1.92. The monoisotopic (exact) mass is 293 g/mol. The lowest BCUT2D eigenvalue weighted by molar-refractivity contribution is -0.0365. The Hall–Kier alpha value is -2.58. The molecule has 0 aliphatic carbocycles. The largest absolute Gasteiger partial charge is 0.463 e. The van der Waals surface area contributed by atoms with Crippen molar-refractivity contribution in [1.29, 1.82) is 5.26 Å². The second-order valence-corrected chi connectivity index (χ2v) is 5.44. The first kappa shape index (κ1) is 13.1. The van der Waals surface area contributed by atoms with Crippen LogP contribution in [0.3, 0.4) is 0 Å². The zero-order valence-corrected chi connectivity index (χ0v) is 12.0. The second kappa shape index (κ2) is 5.32. The van der Waals surface area contributed by atoms with Gasteiger partial charge in [0.1, 0.15) is 5.69 Å². The highest BCUT2D eigenvalue weighted by Crippen LogP contribution is 2.33. The van der Waals surface area contributed by atoms with Crippen molar-refractivity contribution in [1.82, 2.24) is 9.78 Å². The van der Waals surface area contributed by atoms with Crippen molar-refractivity contribution in [3.8, 4) is 17.5 Å². The standard InChI is InChI=1S/C17H15N3O2/c18-11-12-6-7-14-13(10-12)17(15-4-3-9-21-15)19-20(14)16-5-1-2-8-22-16/h3-4,6-7,9-10,16H,1-2,5,8H2. The number of fused-ring (bicyclic) bond motifs is 1. The minimum absolute atomic E-state index is 0.0482. The van der Waals surface area contributed by atoms with E-state index in [0.717, 1.165) is 42.5 Å². The van der Waals surface area contributed by atoms with Gasteiger partial charge in [0, 0.05) is 12.0 Å². The van der Waals surface area contributed by atoms with Crippen molar-refractivity contribution in [2.24, 2.45) is 0 Å². The molecule has 1 aliphatic rings. The number of benzene rings is 1. The highest BCUT2D eigenvalue weighted by Gasteiger charge is 2.22. The molecule has 1 atom stereocenters. The van der Waals surface area contributed by atoms with Crippen LogP contribution in [0.5, 0.6) is 0 Å². The Morgan fingerprint density at radius 1 is 1.27 bits per heavy atom.